The van der Waals surface area contributed by atoms with Crippen molar-refractivity contribution in [2.75, 3.05) is 25.2 Å². The number of hydrogen-bond acceptors (Lipinski definition) is 8. The van der Waals surface area contributed by atoms with Gasteiger partial charge >= 0.3 is 6.09 Å². The maximum Gasteiger partial charge on any atom is 0.411 e. The van der Waals surface area contributed by atoms with Gasteiger partial charge in [-0.25, -0.2) is 14.8 Å². The summed E-state index contributed by atoms with van der Waals surface area (Å²) >= 11 is 0. The van der Waals surface area contributed by atoms with Crippen molar-refractivity contribution in [3.63, 3.8) is 0 Å². The largest absolute Gasteiger partial charge is 0.465 e. The standard InChI is InChI=1S/C28H27N9O4/c1-17-3-8-23(36-16-30-33-34-36)20(13-17)21-14-26(38)37-24(9-10-25(37)31-21)27-29-15-22(32-27)18-4-6-19(7-5-18)35(28(39)40)11-12-41-2/h3-8,13-16,24H,9-12H2,1-2H3,(H,29,32)(H,39,40)/t24-/m0/s1. The minimum atomic E-state index is -1.05. The lowest BCUT2D eigenvalue weighted by atomic mass is 10.1. The minimum Gasteiger partial charge on any atom is -0.465 e. The van der Waals surface area contributed by atoms with Gasteiger partial charge in [0.1, 0.15) is 18.0 Å². The van der Waals surface area contributed by atoms with Gasteiger partial charge in [-0.3, -0.25) is 14.3 Å². The van der Waals surface area contributed by atoms with Crippen LogP contribution in [0.3, 0.4) is 0 Å². The average Bonchev–Trinajstić information content (AvgIpc) is 3.74. The van der Waals surface area contributed by atoms with Crippen LogP contribution in [0, 0.1) is 6.92 Å². The topological polar surface area (TPSA) is 157 Å². The number of ether oxygens (including phenoxy) is 1. The smallest absolute Gasteiger partial charge is 0.411 e. The number of methoxy groups -OCH3 is 1. The van der Waals surface area contributed by atoms with E-state index < -0.39 is 6.09 Å². The Labute approximate surface area is 234 Å². The number of aryl methyl sites for hydroxylation is 2. The highest BCUT2D eigenvalue weighted by molar-refractivity contribution is 5.86. The van der Waals surface area contributed by atoms with Crippen molar-refractivity contribution >= 4 is 11.8 Å². The first-order chi connectivity index (χ1) is 19.9. The zero-order chi connectivity index (χ0) is 28.5. The van der Waals surface area contributed by atoms with E-state index in [0.29, 0.717) is 42.5 Å². The quantitative estimate of drug-likeness (QED) is 0.294. The van der Waals surface area contributed by atoms with E-state index in [1.165, 1.54) is 18.3 Å². The van der Waals surface area contributed by atoms with Crippen LogP contribution >= 0.6 is 0 Å². The highest BCUT2D eigenvalue weighted by Gasteiger charge is 2.29. The van der Waals surface area contributed by atoms with Crippen LogP contribution in [0.1, 0.15) is 29.7 Å². The number of H-pyrrole nitrogens is 1. The van der Waals surface area contributed by atoms with E-state index in [1.54, 1.807) is 33.6 Å². The SMILES string of the molecule is COCCN(C(=O)O)c1ccc(-c2cnc([C@@H]3CCc4nc(-c5cc(C)ccc5-n5cnnn5)cc(=O)n43)[nH]2)cc1. The Morgan fingerprint density at radius 2 is 2.02 bits per heavy atom. The van der Waals surface area contributed by atoms with E-state index in [9.17, 15) is 14.7 Å². The summed E-state index contributed by atoms with van der Waals surface area (Å²) in [7, 11) is 1.53. The number of carbonyl (C=O) groups is 1. The number of tetrazole rings is 1. The summed E-state index contributed by atoms with van der Waals surface area (Å²) in [6.07, 6.45) is 3.49. The van der Waals surface area contributed by atoms with Gasteiger partial charge in [0.25, 0.3) is 5.56 Å². The van der Waals surface area contributed by atoms with Crippen LogP contribution < -0.4 is 10.5 Å². The summed E-state index contributed by atoms with van der Waals surface area (Å²) < 4.78 is 8.27. The first-order valence-electron chi connectivity index (χ1n) is 13.0. The summed E-state index contributed by atoms with van der Waals surface area (Å²) in [4.78, 5) is 39.1. The molecule has 3 aromatic heterocycles. The number of benzene rings is 2. The molecule has 0 spiro atoms. The van der Waals surface area contributed by atoms with Gasteiger partial charge in [0.2, 0.25) is 0 Å². The van der Waals surface area contributed by atoms with E-state index >= 15 is 0 Å². The van der Waals surface area contributed by atoms with Crippen LogP contribution in [0.5, 0.6) is 0 Å². The molecule has 2 N–H and O–H groups in total. The monoisotopic (exact) mass is 553 g/mol. The molecule has 13 heteroatoms. The van der Waals surface area contributed by atoms with Gasteiger partial charge in [-0.05, 0) is 53.6 Å². The summed E-state index contributed by atoms with van der Waals surface area (Å²) in [5.74, 6) is 1.35. The molecule has 13 nitrogen and oxygen atoms in total. The van der Waals surface area contributed by atoms with Gasteiger partial charge in [0, 0.05) is 30.8 Å². The van der Waals surface area contributed by atoms with Crippen molar-refractivity contribution in [3.05, 3.63) is 88.6 Å². The molecule has 208 valence electrons. The molecule has 1 aliphatic rings. The molecule has 4 heterocycles. The van der Waals surface area contributed by atoms with Gasteiger partial charge in [-0.1, -0.05) is 23.8 Å². The first kappa shape index (κ1) is 26.1. The molecule has 0 aliphatic carbocycles. The van der Waals surface area contributed by atoms with Gasteiger partial charge in [-0.15, -0.1) is 5.10 Å². The van der Waals surface area contributed by atoms with Gasteiger partial charge in [0.05, 0.1) is 42.5 Å². The highest BCUT2D eigenvalue weighted by Crippen LogP contribution is 2.32. The second kappa shape index (κ2) is 10.8. The van der Waals surface area contributed by atoms with Crippen LogP contribution in [0.4, 0.5) is 10.5 Å². The van der Waals surface area contributed by atoms with Crippen LogP contribution in [0.2, 0.25) is 0 Å². The van der Waals surface area contributed by atoms with Gasteiger partial charge in [-0.2, -0.15) is 4.68 Å². The van der Waals surface area contributed by atoms with Crippen molar-refractivity contribution in [1.82, 2.24) is 39.7 Å². The van der Waals surface area contributed by atoms with E-state index in [4.69, 9.17) is 9.72 Å². The van der Waals surface area contributed by atoms with Gasteiger partial charge < -0.3 is 14.8 Å². The Hall–Kier alpha value is -5.17. The molecule has 0 unspecified atom stereocenters. The minimum absolute atomic E-state index is 0.163. The summed E-state index contributed by atoms with van der Waals surface area (Å²) in [5, 5.41) is 21.0. The molecule has 6 rings (SSSR count). The Kier molecular flexibility index (Phi) is 6.85. The molecule has 1 amide bonds. The normalized spacial score (nSPS) is 14.2. The fourth-order valence-corrected chi connectivity index (χ4v) is 5.16. The molecule has 0 radical (unpaired) electrons. The molecule has 0 bridgehead atoms. The zero-order valence-electron chi connectivity index (χ0n) is 22.4. The van der Waals surface area contributed by atoms with Crippen LogP contribution in [0.15, 0.2) is 65.8 Å². The number of nitrogens with zero attached hydrogens (tertiary/aromatic N) is 8. The number of fused-ring (bicyclic) bond motifs is 1. The third kappa shape index (κ3) is 4.98. The maximum absolute atomic E-state index is 13.5. The van der Waals surface area contributed by atoms with E-state index in [1.807, 2.05) is 37.3 Å². The summed E-state index contributed by atoms with van der Waals surface area (Å²) in [6.45, 7) is 2.50. The second-order valence-electron chi connectivity index (χ2n) is 9.75. The molecule has 0 saturated carbocycles. The molecular weight excluding hydrogens is 526 g/mol. The molecular formula is C28H27N9O4. The number of nitrogens with one attached hydrogen (secondary N) is 1. The Morgan fingerprint density at radius 1 is 1.20 bits per heavy atom. The van der Waals surface area contributed by atoms with Crippen LogP contribution in [-0.2, 0) is 11.2 Å². The van der Waals surface area contributed by atoms with Crippen molar-refractivity contribution in [3.8, 4) is 28.2 Å². The average molecular weight is 554 g/mol. The number of hydrogen-bond donors (Lipinski definition) is 2. The van der Waals surface area contributed by atoms with Crippen molar-refractivity contribution < 1.29 is 14.6 Å². The van der Waals surface area contributed by atoms with Crippen molar-refractivity contribution in [2.24, 2.45) is 0 Å². The predicted molar refractivity (Wildman–Crippen MR) is 149 cm³/mol. The third-order valence-corrected chi connectivity index (χ3v) is 7.15. The fraction of sp³-hybridized carbons (Fsp3) is 0.250. The Balaban J connectivity index is 1.28. The van der Waals surface area contributed by atoms with Crippen LogP contribution in [0.25, 0.3) is 28.2 Å². The number of aromatic amines is 1. The highest BCUT2D eigenvalue weighted by atomic mass is 16.5. The second-order valence-corrected chi connectivity index (χ2v) is 9.75. The van der Waals surface area contributed by atoms with Gasteiger partial charge in [0.15, 0.2) is 0 Å². The lowest BCUT2D eigenvalue weighted by Crippen LogP contribution is -2.32. The molecule has 0 fully saturated rings. The molecule has 5 aromatic rings. The number of rotatable bonds is 8. The molecule has 0 saturated heterocycles. The maximum atomic E-state index is 13.5. The summed E-state index contributed by atoms with van der Waals surface area (Å²) in [6, 6.07) is 14.3. The van der Waals surface area contributed by atoms with E-state index in [-0.39, 0.29) is 18.1 Å². The lowest BCUT2D eigenvalue weighted by Gasteiger charge is -2.19. The third-order valence-electron chi connectivity index (χ3n) is 7.15. The lowest BCUT2D eigenvalue weighted by molar-refractivity contribution is 0.186. The Morgan fingerprint density at radius 3 is 2.76 bits per heavy atom. The number of imidazole rings is 1. The van der Waals surface area contributed by atoms with Crippen molar-refractivity contribution in [2.45, 2.75) is 25.8 Å². The number of amides is 1. The predicted octanol–water partition coefficient (Wildman–Crippen LogP) is 3.25. The number of anilines is 1. The van der Waals surface area contributed by atoms with Crippen LogP contribution in [-0.4, -0.2) is 71.2 Å². The van der Waals surface area contributed by atoms with E-state index in [2.05, 4.69) is 25.5 Å². The first-order valence-corrected chi connectivity index (χ1v) is 13.0. The summed E-state index contributed by atoms with van der Waals surface area (Å²) in [5.41, 5.74) is 5.10. The molecule has 1 atom stereocenters. The molecule has 2 aromatic carbocycles. The van der Waals surface area contributed by atoms with Crippen molar-refractivity contribution in [1.29, 1.82) is 0 Å². The number of aromatic nitrogens is 8. The Bertz CT molecular complexity index is 1760. The molecule has 41 heavy (non-hydrogen) atoms. The number of carboxylic acid groups (broad SMARTS) is 1. The zero-order valence-corrected chi connectivity index (χ0v) is 22.4. The van der Waals surface area contributed by atoms with E-state index in [0.717, 1.165) is 28.1 Å². The fourth-order valence-electron chi connectivity index (χ4n) is 5.16. The molecule has 1 aliphatic heterocycles.